The number of hydrazone groups is 1. The Bertz CT molecular complexity index is 734. The molecule has 1 aromatic carbocycles. The molecule has 0 fully saturated rings. The standard InChI is InChI=1S/C16H21ClN6O2/c1-12(15(24)21-19-11-22(2)3)16(25,8-23-10-18-9-20-23)13-6-4-5-7-14(13)17/h4-7,9-12,25H,8H2,1-3H3,(H,21,24). The number of nitrogens with zero attached hydrogens (tertiary/aromatic N) is 5. The van der Waals surface area contributed by atoms with Crippen LogP contribution in [0.25, 0.3) is 0 Å². The molecule has 0 aliphatic heterocycles. The lowest BCUT2D eigenvalue weighted by Crippen LogP contribution is -2.45. The van der Waals surface area contributed by atoms with E-state index in [2.05, 4.69) is 20.6 Å². The van der Waals surface area contributed by atoms with E-state index < -0.39 is 17.4 Å². The third kappa shape index (κ3) is 4.55. The van der Waals surface area contributed by atoms with E-state index in [1.165, 1.54) is 23.7 Å². The first-order valence-electron chi connectivity index (χ1n) is 7.64. The molecule has 1 heterocycles. The van der Waals surface area contributed by atoms with Gasteiger partial charge in [0.05, 0.1) is 12.5 Å². The smallest absolute Gasteiger partial charge is 0.246 e. The normalized spacial score (nSPS) is 14.9. The number of carbonyl (C=O) groups excluding carboxylic acids is 1. The number of rotatable bonds is 7. The van der Waals surface area contributed by atoms with Gasteiger partial charge in [0.1, 0.15) is 24.6 Å². The highest BCUT2D eigenvalue weighted by molar-refractivity contribution is 6.31. The molecule has 2 rings (SSSR count). The highest BCUT2D eigenvalue weighted by atomic mass is 35.5. The molecule has 0 saturated heterocycles. The van der Waals surface area contributed by atoms with Gasteiger partial charge in [-0.25, -0.2) is 15.1 Å². The van der Waals surface area contributed by atoms with Gasteiger partial charge in [-0.05, 0) is 6.07 Å². The predicted molar refractivity (Wildman–Crippen MR) is 94.9 cm³/mol. The molecule has 0 aliphatic carbocycles. The van der Waals surface area contributed by atoms with Gasteiger partial charge >= 0.3 is 0 Å². The Morgan fingerprint density at radius 2 is 2.24 bits per heavy atom. The Balaban J connectivity index is 2.34. The first kappa shape index (κ1) is 18.9. The Morgan fingerprint density at radius 3 is 2.84 bits per heavy atom. The number of nitrogens with one attached hydrogen (secondary N) is 1. The highest BCUT2D eigenvalue weighted by Crippen LogP contribution is 2.36. The molecule has 0 saturated carbocycles. The van der Waals surface area contributed by atoms with E-state index in [4.69, 9.17) is 11.6 Å². The molecule has 0 spiro atoms. The van der Waals surface area contributed by atoms with E-state index in [1.54, 1.807) is 50.2 Å². The summed E-state index contributed by atoms with van der Waals surface area (Å²) in [6.45, 7) is 1.63. The van der Waals surface area contributed by atoms with Crippen LogP contribution in [-0.4, -0.2) is 51.1 Å². The Labute approximate surface area is 151 Å². The van der Waals surface area contributed by atoms with Crippen LogP contribution in [0, 0.1) is 5.92 Å². The van der Waals surface area contributed by atoms with Gasteiger partial charge in [-0.1, -0.05) is 36.7 Å². The van der Waals surface area contributed by atoms with Gasteiger partial charge in [0.2, 0.25) is 5.91 Å². The largest absolute Gasteiger partial charge is 0.382 e. The van der Waals surface area contributed by atoms with E-state index in [0.717, 1.165) is 0 Å². The maximum Gasteiger partial charge on any atom is 0.246 e. The summed E-state index contributed by atoms with van der Waals surface area (Å²) in [5.74, 6) is -1.29. The summed E-state index contributed by atoms with van der Waals surface area (Å²) in [7, 11) is 3.56. The van der Waals surface area contributed by atoms with Crippen molar-refractivity contribution in [3.8, 4) is 0 Å². The van der Waals surface area contributed by atoms with Crippen molar-refractivity contribution in [3.63, 3.8) is 0 Å². The number of amides is 1. The van der Waals surface area contributed by atoms with Gasteiger partial charge in [0.25, 0.3) is 0 Å². The Kier molecular flexibility index (Phi) is 6.11. The summed E-state index contributed by atoms with van der Waals surface area (Å²) >= 11 is 6.27. The fraction of sp³-hybridized carbons (Fsp3) is 0.375. The van der Waals surface area contributed by atoms with Gasteiger partial charge in [-0.3, -0.25) is 4.79 Å². The molecule has 134 valence electrons. The Hall–Kier alpha value is -2.45. The van der Waals surface area contributed by atoms with Gasteiger partial charge in [-0.15, -0.1) is 0 Å². The van der Waals surface area contributed by atoms with Crippen LogP contribution in [0.3, 0.4) is 0 Å². The molecule has 0 bridgehead atoms. The molecule has 2 aromatic rings. The van der Waals surface area contributed by atoms with Crippen LogP contribution in [0.2, 0.25) is 5.02 Å². The maximum atomic E-state index is 12.5. The molecule has 2 atom stereocenters. The monoisotopic (exact) mass is 364 g/mol. The lowest BCUT2D eigenvalue weighted by molar-refractivity contribution is -0.136. The summed E-state index contributed by atoms with van der Waals surface area (Å²) in [6.07, 6.45) is 4.28. The predicted octanol–water partition coefficient (Wildman–Crippen LogP) is 1.08. The quantitative estimate of drug-likeness (QED) is 0.435. The van der Waals surface area contributed by atoms with Crippen molar-refractivity contribution >= 4 is 23.8 Å². The lowest BCUT2D eigenvalue weighted by atomic mass is 9.81. The second-order valence-corrected chi connectivity index (χ2v) is 6.31. The van der Waals surface area contributed by atoms with Gasteiger partial charge in [0, 0.05) is 24.7 Å². The molecular weight excluding hydrogens is 344 g/mol. The van der Waals surface area contributed by atoms with E-state index in [0.29, 0.717) is 10.6 Å². The number of aliphatic hydroxyl groups is 1. The van der Waals surface area contributed by atoms with Gasteiger partial charge < -0.3 is 10.0 Å². The number of hydrogen-bond acceptors (Lipinski definition) is 5. The van der Waals surface area contributed by atoms with E-state index in [1.807, 2.05) is 0 Å². The van der Waals surface area contributed by atoms with Crippen molar-refractivity contribution in [1.29, 1.82) is 0 Å². The minimum Gasteiger partial charge on any atom is -0.382 e. The molecular formula is C16H21ClN6O2. The fourth-order valence-electron chi connectivity index (χ4n) is 2.35. The third-order valence-corrected chi connectivity index (χ3v) is 4.11. The number of benzene rings is 1. The van der Waals surface area contributed by atoms with Crippen LogP contribution in [0.5, 0.6) is 0 Å². The van der Waals surface area contributed by atoms with Crippen molar-refractivity contribution in [3.05, 3.63) is 47.5 Å². The van der Waals surface area contributed by atoms with Crippen LogP contribution in [0.4, 0.5) is 0 Å². The summed E-state index contributed by atoms with van der Waals surface area (Å²) in [6, 6.07) is 6.86. The molecule has 0 aliphatic rings. The van der Waals surface area contributed by atoms with E-state index in [9.17, 15) is 9.90 Å². The summed E-state index contributed by atoms with van der Waals surface area (Å²) in [5.41, 5.74) is 1.27. The van der Waals surface area contributed by atoms with Crippen molar-refractivity contribution in [2.24, 2.45) is 11.0 Å². The summed E-state index contributed by atoms with van der Waals surface area (Å²) in [4.78, 5) is 18.0. The molecule has 1 amide bonds. The molecule has 8 nitrogen and oxygen atoms in total. The Morgan fingerprint density at radius 1 is 1.52 bits per heavy atom. The average Bonchev–Trinajstić information content (AvgIpc) is 3.06. The fourth-order valence-corrected chi connectivity index (χ4v) is 2.65. The van der Waals surface area contributed by atoms with Crippen molar-refractivity contribution < 1.29 is 9.90 Å². The van der Waals surface area contributed by atoms with Crippen LogP contribution in [0.1, 0.15) is 12.5 Å². The summed E-state index contributed by atoms with van der Waals surface area (Å²) in [5, 5.41) is 19.6. The molecule has 2 N–H and O–H groups in total. The second kappa shape index (κ2) is 8.09. The van der Waals surface area contributed by atoms with Crippen molar-refractivity contribution in [1.82, 2.24) is 25.1 Å². The zero-order valence-corrected chi connectivity index (χ0v) is 15.1. The first-order chi connectivity index (χ1) is 11.8. The second-order valence-electron chi connectivity index (χ2n) is 5.90. The average molecular weight is 365 g/mol. The third-order valence-electron chi connectivity index (χ3n) is 3.78. The molecule has 9 heteroatoms. The minimum absolute atomic E-state index is 0.0166. The SMILES string of the molecule is CC(C(=O)NN=CN(C)C)C(O)(Cn1cncn1)c1ccccc1Cl. The molecule has 0 radical (unpaired) electrons. The van der Waals surface area contributed by atoms with E-state index in [-0.39, 0.29) is 6.54 Å². The number of hydrogen-bond donors (Lipinski definition) is 2. The lowest BCUT2D eigenvalue weighted by Gasteiger charge is -2.33. The molecule has 2 unspecified atom stereocenters. The minimum atomic E-state index is -1.59. The number of halogens is 1. The maximum absolute atomic E-state index is 12.5. The van der Waals surface area contributed by atoms with Crippen LogP contribution in [0.15, 0.2) is 42.0 Å². The van der Waals surface area contributed by atoms with Crippen LogP contribution in [-0.2, 0) is 16.9 Å². The van der Waals surface area contributed by atoms with Crippen LogP contribution >= 0.6 is 11.6 Å². The van der Waals surface area contributed by atoms with Crippen molar-refractivity contribution in [2.45, 2.75) is 19.1 Å². The molecule has 1 aromatic heterocycles. The number of aromatic nitrogens is 3. The van der Waals surface area contributed by atoms with Gasteiger partial charge in [0.15, 0.2) is 0 Å². The van der Waals surface area contributed by atoms with E-state index >= 15 is 0 Å². The molecule has 25 heavy (non-hydrogen) atoms. The number of carbonyl (C=O) groups is 1. The van der Waals surface area contributed by atoms with Gasteiger partial charge in [-0.2, -0.15) is 10.2 Å². The zero-order chi connectivity index (χ0) is 18.4. The van der Waals surface area contributed by atoms with Crippen molar-refractivity contribution in [2.75, 3.05) is 14.1 Å². The zero-order valence-electron chi connectivity index (χ0n) is 14.3. The summed E-state index contributed by atoms with van der Waals surface area (Å²) < 4.78 is 1.45. The topological polar surface area (TPSA) is 95.6 Å². The highest BCUT2D eigenvalue weighted by Gasteiger charge is 2.42. The first-order valence-corrected chi connectivity index (χ1v) is 8.01. The van der Waals surface area contributed by atoms with Crippen LogP contribution < -0.4 is 5.43 Å².